The molecule has 0 heterocycles. The van der Waals surface area contributed by atoms with Gasteiger partial charge >= 0.3 is 0 Å². The number of hydrogen-bond acceptors (Lipinski definition) is 3. The Bertz CT molecular complexity index is 371. The molecule has 1 rings (SSSR count). The van der Waals surface area contributed by atoms with Gasteiger partial charge in [0, 0.05) is 26.7 Å². The molecule has 4 heteroatoms. The van der Waals surface area contributed by atoms with E-state index in [4.69, 9.17) is 16.7 Å². The van der Waals surface area contributed by atoms with E-state index in [0.717, 1.165) is 49.6 Å². The van der Waals surface area contributed by atoms with Gasteiger partial charge in [0.25, 0.3) is 0 Å². The zero-order valence-corrected chi connectivity index (χ0v) is 12.7. The number of aliphatic hydroxyl groups is 1. The van der Waals surface area contributed by atoms with Crippen molar-refractivity contribution in [1.82, 2.24) is 5.32 Å². The number of aliphatic hydroxyl groups excluding tert-OH is 1. The van der Waals surface area contributed by atoms with Gasteiger partial charge in [-0.15, -0.1) is 0 Å². The highest BCUT2D eigenvalue weighted by atomic mass is 35.5. The number of unbranched alkanes of at least 4 members (excludes halogenated alkanes) is 2. The highest BCUT2D eigenvalue weighted by molar-refractivity contribution is 6.33. The number of anilines is 1. The average Bonchev–Trinajstić information content (AvgIpc) is 2.41. The fraction of sp³-hybridized carbons (Fsp3) is 0.600. The summed E-state index contributed by atoms with van der Waals surface area (Å²) in [4.78, 5) is 2.18. The topological polar surface area (TPSA) is 35.5 Å². The molecule has 108 valence electrons. The van der Waals surface area contributed by atoms with Gasteiger partial charge in [-0.05, 0) is 43.5 Å². The van der Waals surface area contributed by atoms with Crippen LogP contribution in [-0.4, -0.2) is 31.9 Å². The Morgan fingerprint density at radius 1 is 1.26 bits per heavy atom. The molecule has 0 fully saturated rings. The van der Waals surface area contributed by atoms with Crippen molar-refractivity contribution in [2.24, 2.45) is 0 Å². The molecule has 0 radical (unpaired) electrons. The Morgan fingerprint density at radius 2 is 2.05 bits per heavy atom. The van der Waals surface area contributed by atoms with Gasteiger partial charge < -0.3 is 15.3 Å². The third-order valence-corrected chi connectivity index (χ3v) is 3.46. The summed E-state index contributed by atoms with van der Waals surface area (Å²) in [6, 6.07) is 6.24. The molecule has 0 amide bonds. The first-order chi connectivity index (χ1) is 9.19. The van der Waals surface area contributed by atoms with Crippen molar-refractivity contribution >= 4 is 17.3 Å². The van der Waals surface area contributed by atoms with Crippen LogP contribution in [0.25, 0.3) is 0 Å². The highest BCUT2D eigenvalue weighted by Gasteiger charge is 2.06. The van der Waals surface area contributed by atoms with Gasteiger partial charge in [-0.1, -0.05) is 24.6 Å². The second kappa shape index (κ2) is 9.18. The zero-order chi connectivity index (χ0) is 14.1. The molecule has 0 atom stereocenters. The van der Waals surface area contributed by atoms with E-state index < -0.39 is 0 Å². The fourth-order valence-electron chi connectivity index (χ4n) is 2.00. The third kappa shape index (κ3) is 5.81. The lowest BCUT2D eigenvalue weighted by molar-refractivity contribution is 0.283. The summed E-state index contributed by atoms with van der Waals surface area (Å²) in [5.74, 6) is 0. The quantitative estimate of drug-likeness (QED) is 0.684. The molecule has 2 N–H and O–H groups in total. The highest BCUT2D eigenvalue weighted by Crippen LogP contribution is 2.26. The predicted molar refractivity (Wildman–Crippen MR) is 83.0 cm³/mol. The van der Waals surface area contributed by atoms with Crippen LogP contribution in [0.2, 0.25) is 5.02 Å². The number of nitrogens with one attached hydrogen (secondary N) is 1. The minimum absolute atomic E-state index is 0.281. The average molecular weight is 285 g/mol. The van der Waals surface area contributed by atoms with Crippen molar-refractivity contribution in [3.8, 4) is 0 Å². The first-order valence-electron chi connectivity index (χ1n) is 7.00. The third-order valence-electron chi connectivity index (χ3n) is 3.15. The van der Waals surface area contributed by atoms with Crippen LogP contribution in [0.15, 0.2) is 18.2 Å². The van der Waals surface area contributed by atoms with Crippen LogP contribution < -0.4 is 10.2 Å². The monoisotopic (exact) mass is 284 g/mol. The molecule has 0 unspecified atom stereocenters. The number of hydrogen-bond donors (Lipinski definition) is 2. The van der Waals surface area contributed by atoms with Crippen LogP contribution in [0, 0.1) is 0 Å². The molecular formula is C15H25ClN2O. The molecule has 0 aliphatic carbocycles. The van der Waals surface area contributed by atoms with Gasteiger partial charge in [0.05, 0.1) is 10.7 Å². The van der Waals surface area contributed by atoms with Gasteiger partial charge in [0.15, 0.2) is 0 Å². The first-order valence-corrected chi connectivity index (χ1v) is 7.38. The van der Waals surface area contributed by atoms with Gasteiger partial charge in [0.1, 0.15) is 0 Å². The van der Waals surface area contributed by atoms with E-state index in [2.05, 4.69) is 36.3 Å². The lowest BCUT2D eigenvalue weighted by atomic mass is 10.1. The molecular weight excluding hydrogens is 260 g/mol. The van der Waals surface area contributed by atoms with E-state index in [1.807, 2.05) is 6.07 Å². The van der Waals surface area contributed by atoms with Crippen molar-refractivity contribution in [2.75, 3.05) is 31.6 Å². The molecule has 0 aliphatic rings. The molecule has 1 aromatic rings. The van der Waals surface area contributed by atoms with Gasteiger partial charge in [-0.2, -0.15) is 0 Å². The van der Waals surface area contributed by atoms with Crippen molar-refractivity contribution in [3.05, 3.63) is 28.8 Å². The number of rotatable bonds is 9. The molecule has 0 aromatic heterocycles. The summed E-state index contributed by atoms with van der Waals surface area (Å²) >= 11 is 6.33. The Labute approximate surface area is 121 Å². The Hall–Kier alpha value is -0.770. The first kappa shape index (κ1) is 16.3. The van der Waals surface area contributed by atoms with Crippen LogP contribution in [0.3, 0.4) is 0 Å². The summed E-state index contributed by atoms with van der Waals surface area (Å²) in [5.41, 5.74) is 2.29. The molecule has 0 saturated carbocycles. The molecule has 0 saturated heterocycles. The Morgan fingerprint density at radius 3 is 2.68 bits per heavy atom. The lowest BCUT2D eigenvalue weighted by Gasteiger charge is -2.21. The van der Waals surface area contributed by atoms with E-state index >= 15 is 0 Å². The zero-order valence-electron chi connectivity index (χ0n) is 12.0. The molecule has 3 nitrogen and oxygen atoms in total. The molecule has 0 spiro atoms. The van der Waals surface area contributed by atoms with Crippen LogP contribution in [0.4, 0.5) is 5.69 Å². The van der Waals surface area contributed by atoms with Crippen molar-refractivity contribution in [3.63, 3.8) is 0 Å². The van der Waals surface area contributed by atoms with Crippen LogP contribution in [0.5, 0.6) is 0 Å². The maximum atomic E-state index is 8.75. The summed E-state index contributed by atoms with van der Waals surface area (Å²) in [6.07, 6.45) is 3.01. The maximum absolute atomic E-state index is 8.75. The van der Waals surface area contributed by atoms with E-state index in [1.165, 1.54) is 5.56 Å². The normalized spacial score (nSPS) is 10.7. The summed E-state index contributed by atoms with van der Waals surface area (Å²) < 4.78 is 0. The second-order valence-corrected chi connectivity index (χ2v) is 5.18. The Balaban J connectivity index is 2.52. The summed E-state index contributed by atoms with van der Waals surface area (Å²) in [7, 11) is 2.06. The largest absolute Gasteiger partial charge is 0.396 e. The van der Waals surface area contributed by atoms with Gasteiger partial charge in [-0.3, -0.25) is 0 Å². The Kier molecular flexibility index (Phi) is 7.87. The molecule has 19 heavy (non-hydrogen) atoms. The van der Waals surface area contributed by atoms with Crippen LogP contribution in [-0.2, 0) is 6.54 Å². The van der Waals surface area contributed by atoms with E-state index in [9.17, 15) is 0 Å². The van der Waals surface area contributed by atoms with Crippen molar-refractivity contribution in [1.29, 1.82) is 0 Å². The fourth-order valence-corrected chi connectivity index (χ4v) is 2.34. The minimum atomic E-state index is 0.281. The predicted octanol–water partition coefficient (Wildman–Crippen LogP) is 3.05. The molecule has 0 bridgehead atoms. The van der Waals surface area contributed by atoms with Gasteiger partial charge in [-0.25, -0.2) is 0 Å². The number of halogens is 1. The van der Waals surface area contributed by atoms with Crippen molar-refractivity contribution in [2.45, 2.75) is 32.7 Å². The SMILES string of the molecule is CCNCc1ccc(N(C)CCCCCO)c(Cl)c1. The maximum Gasteiger partial charge on any atom is 0.0642 e. The van der Waals surface area contributed by atoms with Crippen LogP contribution >= 0.6 is 11.6 Å². The molecule has 1 aromatic carbocycles. The van der Waals surface area contributed by atoms with E-state index in [-0.39, 0.29) is 6.61 Å². The minimum Gasteiger partial charge on any atom is -0.396 e. The van der Waals surface area contributed by atoms with E-state index in [0.29, 0.717) is 0 Å². The number of benzene rings is 1. The molecule has 0 aliphatic heterocycles. The second-order valence-electron chi connectivity index (χ2n) is 4.77. The van der Waals surface area contributed by atoms with Crippen molar-refractivity contribution < 1.29 is 5.11 Å². The lowest BCUT2D eigenvalue weighted by Crippen LogP contribution is -2.19. The van der Waals surface area contributed by atoms with Gasteiger partial charge in [0.2, 0.25) is 0 Å². The van der Waals surface area contributed by atoms with Crippen LogP contribution in [0.1, 0.15) is 31.7 Å². The smallest absolute Gasteiger partial charge is 0.0642 e. The summed E-state index contributed by atoms with van der Waals surface area (Å²) in [5, 5.41) is 12.9. The summed E-state index contributed by atoms with van der Waals surface area (Å²) in [6.45, 7) is 5.16. The standard InChI is InChI=1S/C15H25ClN2O/c1-3-17-12-13-7-8-15(14(16)11-13)18(2)9-5-4-6-10-19/h7-8,11,17,19H,3-6,9-10,12H2,1-2H3. The van der Waals surface area contributed by atoms with E-state index in [1.54, 1.807) is 0 Å². The number of nitrogens with zero attached hydrogens (tertiary/aromatic N) is 1.